The van der Waals surface area contributed by atoms with Gasteiger partial charge >= 0.3 is 0 Å². The number of aliphatic hydroxyl groups excluding tert-OH is 1. The minimum Gasteiger partial charge on any atom is -0.394 e. The quantitative estimate of drug-likeness (QED) is 0.584. The zero-order valence-electron chi connectivity index (χ0n) is 16.9. The molecule has 0 aliphatic carbocycles. The third kappa shape index (κ3) is 4.79. The van der Waals surface area contributed by atoms with Crippen molar-refractivity contribution in [3.8, 4) is 11.3 Å². The van der Waals surface area contributed by atoms with Crippen LogP contribution in [-0.2, 0) is 4.74 Å². The fraction of sp³-hybridized carbons (Fsp3) is 0.318. The molecule has 10 heteroatoms. The van der Waals surface area contributed by atoms with E-state index in [1.165, 1.54) is 41.2 Å². The molecule has 1 saturated heterocycles. The number of anilines is 1. The van der Waals surface area contributed by atoms with Crippen LogP contribution in [0.15, 0.2) is 53.6 Å². The molecule has 3 heterocycles. The number of aliphatic hydroxyl groups is 1. The van der Waals surface area contributed by atoms with E-state index in [1.54, 1.807) is 12.1 Å². The van der Waals surface area contributed by atoms with E-state index in [4.69, 9.17) is 16.3 Å². The maximum Gasteiger partial charge on any atom is 0.251 e. The Kier molecular flexibility index (Phi) is 6.78. The van der Waals surface area contributed by atoms with Crippen molar-refractivity contribution in [3.05, 3.63) is 75.5 Å². The van der Waals surface area contributed by atoms with E-state index in [1.807, 2.05) is 0 Å². The number of pyridine rings is 1. The van der Waals surface area contributed by atoms with Gasteiger partial charge in [0.25, 0.3) is 5.56 Å². The summed E-state index contributed by atoms with van der Waals surface area (Å²) in [5, 5.41) is 12.8. The zero-order valence-corrected chi connectivity index (χ0v) is 17.7. The summed E-state index contributed by atoms with van der Waals surface area (Å²) >= 11 is 5.85. The van der Waals surface area contributed by atoms with Crippen LogP contribution >= 0.6 is 11.6 Å². The first kappa shape index (κ1) is 22.3. The number of alkyl halides is 1. The van der Waals surface area contributed by atoms with E-state index in [9.17, 15) is 18.7 Å². The average Bonchev–Trinajstić information content (AvgIpc) is 2.79. The minimum absolute atomic E-state index is 0.0286. The lowest BCUT2D eigenvalue weighted by molar-refractivity contribution is 0.0284. The molecule has 0 spiro atoms. The first-order valence-corrected chi connectivity index (χ1v) is 10.4. The maximum atomic E-state index is 14.0. The van der Waals surface area contributed by atoms with Gasteiger partial charge in [-0.2, -0.15) is 0 Å². The molecule has 3 unspecified atom stereocenters. The molecule has 1 aliphatic rings. The van der Waals surface area contributed by atoms with E-state index in [0.29, 0.717) is 29.8 Å². The van der Waals surface area contributed by atoms with E-state index < -0.39 is 24.1 Å². The van der Waals surface area contributed by atoms with Crippen molar-refractivity contribution in [2.45, 2.75) is 24.7 Å². The molecule has 0 saturated carbocycles. The third-order valence-electron chi connectivity index (χ3n) is 5.34. The number of hydrogen-bond acceptors (Lipinski definition) is 6. The van der Waals surface area contributed by atoms with E-state index in [2.05, 4.69) is 15.3 Å². The fourth-order valence-corrected chi connectivity index (χ4v) is 3.79. The Morgan fingerprint density at radius 2 is 2.16 bits per heavy atom. The zero-order chi connectivity index (χ0) is 22.7. The van der Waals surface area contributed by atoms with Gasteiger partial charge in [0.05, 0.1) is 36.0 Å². The molecule has 2 N–H and O–H groups in total. The second-order valence-corrected chi connectivity index (χ2v) is 7.84. The van der Waals surface area contributed by atoms with Crippen LogP contribution in [0.25, 0.3) is 11.3 Å². The van der Waals surface area contributed by atoms with Crippen molar-refractivity contribution in [2.24, 2.45) is 0 Å². The predicted octanol–water partition coefficient (Wildman–Crippen LogP) is 3.22. The Labute approximate surface area is 187 Å². The van der Waals surface area contributed by atoms with Gasteiger partial charge in [-0.05, 0) is 36.2 Å². The summed E-state index contributed by atoms with van der Waals surface area (Å²) in [6, 6.07) is 7.57. The van der Waals surface area contributed by atoms with Crippen molar-refractivity contribution in [1.29, 1.82) is 0 Å². The lowest BCUT2D eigenvalue weighted by atomic mass is 10.1. The number of benzene rings is 1. The molecule has 7 nitrogen and oxygen atoms in total. The van der Waals surface area contributed by atoms with Crippen molar-refractivity contribution >= 4 is 17.5 Å². The first-order chi connectivity index (χ1) is 15.5. The monoisotopic (exact) mass is 462 g/mol. The predicted molar refractivity (Wildman–Crippen MR) is 116 cm³/mol. The Balaban J connectivity index is 1.59. The highest BCUT2D eigenvalue weighted by atomic mass is 35.5. The number of ether oxygens (including phenoxy) is 1. The standard InChI is InChI=1S/C22H21ClF2N4O3/c23-15-9-14(1-2-16(15)24)20(11-30)29-7-4-13(10-21(29)31)18-3-6-26-22(27-18)28-19-5-8-32-12-17(19)25/h1-4,6-7,9-10,17,19-20,30H,5,8,11-12H2,(H,26,27,28). The third-order valence-corrected chi connectivity index (χ3v) is 5.63. The smallest absolute Gasteiger partial charge is 0.251 e. The van der Waals surface area contributed by atoms with E-state index >= 15 is 0 Å². The van der Waals surface area contributed by atoms with Crippen LogP contribution in [0.1, 0.15) is 18.0 Å². The van der Waals surface area contributed by atoms with Crippen LogP contribution in [-0.4, -0.2) is 51.7 Å². The number of nitrogens with one attached hydrogen (secondary N) is 1. The highest BCUT2D eigenvalue weighted by molar-refractivity contribution is 6.30. The van der Waals surface area contributed by atoms with Gasteiger partial charge < -0.3 is 19.7 Å². The maximum absolute atomic E-state index is 14.0. The molecule has 3 atom stereocenters. The van der Waals surface area contributed by atoms with Crippen LogP contribution in [0.2, 0.25) is 5.02 Å². The second-order valence-electron chi connectivity index (χ2n) is 7.43. The number of halogens is 3. The Hall–Kier alpha value is -2.88. The number of hydrogen-bond donors (Lipinski definition) is 2. The van der Waals surface area contributed by atoms with E-state index in [0.717, 1.165) is 0 Å². The van der Waals surface area contributed by atoms with Crippen LogP contribution in [0.4, 0.5) is 14.7 Å². The van der Waals surface area contributed by atoms with Gasteiger partial charge in [0.2, 0.25) is 5.95 Å². The lowest BCUT2D eigenvalue weighted by Gasteiger charge is -2.26. The summed E-state index contributed by atoms with van der Waals surface area (Å²) in [5.74, 6) is -0.321. The Morgan fingerprint density at radius 1 is 1.31 bits per heavy atom. The molecule has 168 valence electrons. The van der Waals surface area contributed by atoms with Gasteiger partial charge in [0.15, 0.2) is 0 Å². The molecule has 2 aromatic heterocycles. The molecule has 0 radical (unpaired) electrons. The first-order valence-electron chi connectivity index (χ1n) is 10.1. The SMILES string of the molecule is O=c1cc(-c2ccnc(NC3CCOCC3F)n2)ccn1C(CO)c1ccc(F)c(Cl)c1. The minimum atomic E-state index is -1.16. The molecule has 1 fully saturated rings. The summed E-state index contributed by atoms with van der Waals surface area (Å²) in [7, 11) is 0. The summed E-state index contributed by atoms with van der Waals surface area (Å²) in [6.07, 6.45) is 2.40. The highest BCUT2D eigenvalue weighted by Crippen LogP contribution is 2.24. The van der Waals surface area contributed by atoms with Crippen molar-refractivity contribution in [2.75, 3.05) is 25.1 Å². The van der Waals surface area contributed by atoms with Crippen LogP contribution < -0.4 is 10.9 Å². The van der Waals surface area contributed by atoms with Gasteiger partial charge in [0.1, 0.15) is 12.0 Å². The highest BCUT2D eigenvalue weighted by Gasteiger charge is 2.26. The van der Waals surface area contributed by atoms with Crippen molar-refractivity contribution in [3.63, 3.8) is 0 Å². The molecular weight excluding hydrogens is 442 g/mol. The molecule has 1 aliphatic heterocycles. The summed E-state index contributed by atoms with van der Waals surface area (Å²) in [5.41, 5.74) is 1.14. The van der Waals surface area contributed by atoms with Crippen LogP contribution in [0.5, 0.6) is 0 Å². The second kappa shape index (κ2) is 9.72. The van der Waals surface area contributed by atoms with Gasteiger partial charge in [-0.3, -0.25) is 4.79 Å². The Morgan fingerprint density at radius 3 is 2.88 bits per heavy atom. The number of nitrogens with zero attached hydrogens (tertiary/aromatic N) is 3. The van der Waals surface area contributed by atoms with Crippen molar-refractivity contribution < 1.29 is 18.6 Å². The summed E-state index contributed by atoms with van der Waals surface area (Å²) in [4.78, 5) is 21.3. The summed E-state index contributed by atoms with van der Waals surface area (Å²) in [6.45, 7) is 0.112. The molecular formula is C22H21ClF2N4O3. The Bertz CT molecular complexity index is 1160. The molecule has 32 heavy (non-hydrogen) atoms. The molecule has 3 aromatic rings. The van der Waals surface area contributed by atoms with Gasteiger partial charge in [0, 0.05) is 30.6 Å². The molecule has 0 bridgehead atoms. The van der Waals surface area contributed by atoms with E-state index in [-0.39, 0.29) is 29.7 Å². The largest absolute Gasteiger partial charge is 0.394 e. The average molecular weight is 463 g/mol. The van der Waals surface area contributed by atoms with Crippen molar-refractivity contribution in [1.82, 2.24) is 14.5 Å². The molecule has 1 aromatic carbocycles. The van der Waals surface area contributed by atoms with Gasteiger partial charge in [-0.15, -0.1) is 0 Å². The molecule has 0 amide bonds. The van der Waals surface area contributed by atoms with Crippen LogP contribution in [0, 0.1) is 5.82 Å². The van der Waals surface area contributed by atoms with Crippen LogP contribution in [0.3, 0.4) is 0 Å². The summed E-state index contributed by atoms with van der Waals surface area (Å²) < 4.78 is 33.9. The molecule has 4 rings (SSSR count). The van der Waals surface area contributed by atoms with Gasteiger partial charge in [-0.1, -0.05) is 17.7 Å². The number of rotatable bonds is 6. The van der Waals surface area contributed by atoms with Gasteiger partial charge in [-0.25, -0.2) is 18.7 Å². The number of aromatic nitrogens is 3. The fourth-order valence-electron chi connectivity index (χ4n) is 3.60. The lowest BCUT2D eigenvalue weighted by Crippen LogP contribution is -2.39. The topological polar surface area (TPSA) is 89.3 Å². The normalized spacial score (nSPS) is 19.5.